The summed E-state index contributed by atoms with van der Waals surface area (Å²) in [6, 6.07) is 8.24. The highest BCUT2D eigenvalue weighted by Gasteiger charge is 2.06. The van der Waals surface area contributed by atoms with Gasteiger partial charge < -0.3 is 5.73 Å². The number of benzene rings is 1. The molecule has 0 saturated carbocycles. The standard InChI is InChI=1S/C12H14BrN3/c1-2-12-11(14)7-15-16(12)8-9-3-5-10(13)6-4-9/h3-7H,2,8,14H2,1H3. The predicted molar refractivity (Wildman–Crippen MR) is 69.3 cm³/mol. The van der Waals surface area contributed by atoms with E-state index in [0.29, 0.717) is 0 Å². The summed E-state index contributed by atoms with van der Waals surface area (Å²) in [5.41, 5.74) is 8.94. The smallest absolute Gasteiger partial charge is 0.0733 e. The number of hydrogen-bond donors (Lipinski definition) is 1. The molecule has 0 atom stereocenters. The highest BCUT2D eigenvalue weighted by Crippen LogP contribution is 2.15. The first-order valence-electron chi connectivity index (χ1n) is 5.25. The number of nitrogens with zero attached hydrogens (tertiary/aromatic N) is 2. The van der Waals surface area contributed by atoms with Crippen LogP contribution in [0.1, 0.15) is 18.2 Å². The van der Waals surface area contributed by atoms with Crippen LogP contribution in [0.4, 0.5) is 5.69 Å². The van der Waals surface area contributed by atoms with Crippen LogP contribution in [-0.2, 0) is 13.0 Å². The van der Waals surface area contributed by atoms with Crippen LogP contribution in [0.15, 0.2) is 34.9 Å². The van der Waals surface area contributed by atoms with Crippen LogP contribution in [0.25, 0.3) is 0 Å². The van der Waals surface area contributed by atoms with E-state index in [1.165, 1.54) is 5.56 Å². The summed E-state index contributed by atoms with van der Waals surface area (Å²) in [6.07, 6.45) is 2.63. The molecule has 1 aromatic heterocycles. The van der Waals surface area contributed by atoms with Gasteiger partial charge in [-0.05, 0) is 24.1 Å². The average molecular weight is 280 g/mol. The number of rotatable bonds is 3. The van der Waals surface area contributed by atoms with E-state index in [1.807, 2.05) is 16.8 Å². The molecule has 0 aliphatic heterocycles. The fraction of sp³-hybridized carbons (Fsp3) is 0.250. The Labute approximate surface area is 103 Å². The van der Waals surface area contributed by atoms with Crippen LogP contribution in [0, 0.1) is 0 Å². The molecule has 2 rings (SSSR count). The van der Waals surface area contributed by atoms with Gasteiger partial charge in [0.1, 0.15) is 0 Å². The second-order valence-corrected chi connectivity index (χ2v) is 4.60. The molecule has 0 unspecified atom stereocenters. The zero-order valence-electron chi connectivity index (χ0n) is 9.15. The average Bonchev–Trinajstić information content (AvgIpc) is 2.63. The molecule has 0 aliphatic rings. The Hall–Kier alpha value is -1.29. The molecule has 16 heavy (non-hydrogen) atoms. The van der Waals surface area contributed by atoms with Crippen LogP contribution >= 0.6 is 15.9 Å². The lowest BCUT2D eigenvalue weighted by Crippen LogP contribution is -2.06. The van der Waals surface area contributed by atoms with E-state index in [9.17, 15) is 0 Å². The molecule has 2 N–H and O–H groups in total. The van der Waals surface area contributed by atoms with Crippen LogP contribution in [0.3, 0.4) is 0 Å². The van der Waals surface area contributed by atoms with Crippen molar-refractivity contribution in [2.45, 2.75) is 19.9 Å². The molecule has 0 amide bonds. The molecule has 0 spiro atoms. The van der Waals surface area contributed by atoms with Crippen molar-refractivity contribution in [1.82, 2.24) is 9.78 Å². The van der Waals surface area contributed by atoms with E-state index in [2.05, 4.69) is 40.1 Å². The first kappa shape index (κ1) is 11.2. The zero-order valence-corrected chi connectivity index (χ0v) is 10.7. The third-order valence-corrected chi connectivity index (χ3v) is 3.09. The molecule has 3 nitrogen and oxygen atoms in total. The van der Waals surface area contributed by atoms with Gasteiger partial charge in [0.15, 0.2) is 0 Å². The number of anilines is 1. The van der Waals surface area contributed by atoms with Crippen molar-refractivity contribution < 1.29 is 0 Å². The number of aromatic nitrogens is 2. The molecular weight excluding hydrogens is 266 g/mol. The van der Waals surface area contributed by atoms with E-state index < -0.39 is 0 Å². The molecule has 1 aromatic carbocycles. The fourth-order valence-electron chi connectivity index (χ4n) is 1.71. The highest BCUT2D eigenvalue weighted by molar-refractivity contribution is 9.10. The molecule has 0 saturated heterocycles. The van der Waals surface area contributed by atoms with Crippen molar-refractivity contribution in [2.75, 3.05) is 5.73 Å². The van der Waals surface area contributed by atoms with E-state index in [1.54, 1.807) is 6.20 Å². The summed E-state index contributed by atoms with van der Waals surface area (Å²) in [7, 11) is 0. The Kier molecular flexibility index (Phi) is 3.29. The molecule has 1 heterocycles. The quantitative estimate of drug-likeness (QED) is 0.939. The molecule has 84 valence electrons. The monoisotopic (exact) mass is 279 g/mol. The van der Waals surface area contributed by atoms with Gasteiger partial charge in [-0.15, -0.1) is 0 Å². The van der Waals surface area contributed by atoms with Crippen molar-refractivity contribution in [3.63, 3.8) is 0 Å². The minimum absolute atomic E-state index is 0.771. The molecule has 0 aliphatic carbocycles. The second-order valence-electron chi connectivity index (χ2n) is 3.68. The minimum atomic E-state index is 0.771. The summed E-state index contributed by atoms with van der Waals surface area (Å²) in [4.78, 5) is 0. The summed E-state index contributed by atoms with van der Waals surface area (Å²) in [5, 5.41) is 4.28. The summed E-state index contributed by atoms with van der Waals surface area (Å²) >= 11 is 3.42. The van der Waals surface area contributed by atoms with Gasteiger partial charge in [0.2, 0.25) is 0 Å². The maximum atomic E-state index is 5.84. The van der Waals surface area contributed by atoms with Gasteiger partial charge in [-0.25, -0.2) is 0 Å². The Morgan fingerprint density at radius 1 is 1.31 bits per heavy atom. The van der Waals surface area contributed by atoms with Crippen molar-refractivity contribution >= 4 is 21.6 Å². The lowest BCUT2D eigenvalue weighted by molar-refractivity contribution is 0.650. The van der Waals surface area contributed by atoms with Gasteiger partial charge >= 0.3 is 0 Å². The van der Waals surface area contributed by atoms with Gasteiger partial charge in [-0.1, -0.05) is 35.0 Å². The highest BCUT2D eigenvalue weighted by atomic mass is 79.9. The molecular formula is C12H14BrN3. The maximum absolute atomic E-state index is 5.84. The Morgan fingerprint density at radius 2 is 2.00 bits per heavy atom. The van der Waals surface area contributed by atoms with E-state index >= 15 is 0 Å². The fourth-order valence-corrected chi connectivity index (χ4v) is 1.98. The Balaban J connectivity index is 2.23. The molecule has 2 aromatic rings. The molecule has 4 heteroatoms. The first-order valence-corrected chi connectivity index (χ1v) is 6.04. The van der Waals surface area contributed by atoms with E-state index in [-0.39, 0.29) is 0 Å². The molecule has 0 fully saturated rings. The van der Waals surface area contributed by atoms with Crippen molar-refractivity contribution in [3.05, 3.63) is 46.2 Å². The topological polar surface area (TPSA) is 43.8 Å². The Morgan fingerprint density at radius 3 is 2.62 bits per heavy atom. The van der Waals surface area contributed by atoms with Crippen LogP contribution in [0.5, 0.6) is 0 Å². The van der Waals surface area contributed by atoms with Gasteiger partial charge in [0, 0.05) is 4.47 Å². The van der Waals surface area contributed by atoms with Crippen LogP contribution in [-0.4, -0.2) is 9.78 Å². The Bertz CT molecular complexity index is 474. The first-order chi connectivity index (χ1) is 7.70. The second kappa shape index (κ2) is 4.70. The summed E-state index contributed by atoms with van der Waals surface area (Å²) in [5.74, 6) is 0. The molecule has 0 bridgehead atoms. The maximum Gasteiger partial charge on any atom is 0.0733 e. The van der Waals surface area contributed by atoms with E-state index in [4.69, 9.17) is 5.73 Å². The normalized spacial score (nSPS) is 10.6. The number of halogens is 1. The van der Waals surface area contributed by atoms with Crippen LogP contribution < -0.4 is 5.73 Å². The minimum Gasteiger partial charge on any atom is -0.396 e. The van der Waals surface area contributed by atoms with Gasteiger partial charge in [0.25, 0.3) is 0 Å². The van der Waals surface area contributed by atoms with Gasteiger partial charge in [-0.2, -0.15) is 5.10 Å². The summed E-state index contributed by atoms with van der Waals surface area (Å²) < 4.78 is 3.05. The zero-order chi connectivity index (χ0) is 11.5. The largest absolute Gasteiger partial charge is 0.396 e. The number of nitrogen functional groups attached to an aromatic ring is 1. The molecule has 0 radical (unpaired) electrons. The van der Waals surface area contributed by atoms with Gasteiger partial charge in [-0.3, -0.25) is 4.68 Å². The number of nitrogens with two attached hydrogens (primary N) is 1. The van der Waals surface area contributed by atoms with Crippen molar-refractivity contribution in [1.29, 1.82) is 0 Å². The third-order valence-electron chi connectivity index (χ3n) is 2.56. The number of hydrogen-bond acceptors (Lipinski definition) is 2. The lowest BCUT2D eigenvalue weighted by atomic mass is 10.2. The van der Waals surface area contributed by atoms with Crippen LogP contribution in [0.2, 0.25) is 0 Å². The van der Waals surface area contributed by atoms with Crippen molar-refractivity contribution in [3.8, 4) is 0 Å². The van der Waals surface area contributed by atoms with E-state index in [0.717, 1.165) is 28.8 Å². The summed E-state index contributed by atoms with van der Waals surface area (Å²) in [6.45, 7) is 2.86. The lowest BCUT2D eigenvalue weighted by Gasteiger charge is -2.06. The van der Waals surface area contributed by atoms with Crippen molar-refractivity contribution in [2.24, 2.45) is 0 Å². The SMILES string of the molecule is CCc1c(N)cnn1Cc1ccc(Br)cc1. The third kappa shape index (κ3) is 2.27. The predicted octanol–water partition coefficient (Wildman–Crippen LogP) is 2.84. The van der Waals surface area contributed by atoms with Gasteiger partial charge in [0.05, 0.1) is 24.1 Å².